The van der Waals surface area contributed by atoms with Crippen molar-refractivity contribution in [2.24, 2.45) is 5.92 Å². The Labute approximate surface area is 133 Å². The molecule has 0 saturated carbocycles. The summed E-state index contributed by atoms with van der Waals surface area (Å²) in [6.45, 7) is 7.06. The molecule has 4 heteroatoms. The van der Waals surface area contributed by atoms with Crippen molar-refractivity contribution in [2.45, 2.75) is 39.5 Å². The van der Waals surface area contributed by atoms with Gasteiger partial charge in [-0.2, -0.15) is 0 Å². The predicted molar refractivity (Wildman–Crippen MR) is 86.9 cm³/mol. The van der Waals surface area contributed by atoms with Gasteiger partial charge in [0.2, 0.25) is 0 Å². The molecule has 0 aliphatic rings. The molecule has 1 atom stereocenters. The van der Waals surface area contributed by atoms with E-state index in [1.807, 2.05) is 19.1 Å². The van der Waals surface area contributed by atoms with Crippen molar-refractivity contribution in [3.8, 4) is 0 Å². The lowest BCUT2D eigenvalue weighted by Crippen LogP contribution is -2.17. The number of carbonyl (C=O) groups is 1. The number of hydrogen-bond donors (Lipinski definition) is 1. The van der Waals surface area contributed by atoms with Crippen LogP contribution in [0.3, 0.4) is 0 Å². The molecule has 0 radical (unpaired) electrons. The first-order chi connectivity index (χ1) is 10.5. The van der Waals surface area contributed by atoms with Gasteiger partial charge in [0, 0.05) is 0 Å². The van der Waals surface area contributed by atoms with Crippen LogP contribution in [0.25, 0.3) is 0 Å². The molecule has 0 aromatic heterocycles. The van der Waals surface area contributed by atoms with Crippen molar-refractivity contribution >= 4 is 5.97 Å². The summed E-state index contributed by atoms with van der Waals surface area (Å²) in [6, 6.07) is 8.19. The summed E-state index contributed by atoms with van der Waals surface area (Å²) < 4.78 is 10.2. The highest BCUT2D eigenvalue weighted by atomic mass is 16.6. The van der Waals surface area contributed by atoms with Gasteiger partial charge in [-0.05, 0) is 36.8 Å². The van der Waals surface area contributed by atoms with Gasteiger partial charge in [-0.3, -0.25) is 4.79 Å². The first-order valence-electron chi connectivity index (χ1n) is 7.98. The standard InChI is InChI=1S/C18H28O4/c1-14(2)4-5-16-6-8-17(9-7-16)15(3)18(20)22-13-12-21-11-10-19/h6-9,14-15,19H,4-5,10-13H2,1-3H3/t15-/m0/s1. The van der Waals surface area contributed by atoms with E-state index < -0.39 is 0 Å². The highest BCUT2D eigenvalue weighted by molar-refractivity contribution is 5.77. The maximum absolute atomic E-state index is 11.9. The monoisotopic (exact) mass is 308 g/mol. The molecule has 124 valence electrons. The molecule has 22 heavy (non-hydrogen) atoms. The highest BCUT2D eigenvalue weighted by Gasteiger charge is 2.16. The summed E-state index contributed by atoms with van der Waals surface area (Å²) in [5.41, 5.74) is 2.27. The van der Waals surface area contributed by atoms with Gasteiger partial charge in [0.15, 0.2) is 0 Å². The summed E-state index contributed by atoms with van der Waals surface area (Å²) in [5.74, 6) is 0.168. The van der Waals surface area contributed by atoms with Crippen molar-refractivity contribution in [3.05, 3.63) is 35.4 Å². The molecule has 0 unspecified atom stereocenters. The maximum atomic E-state index is 11.9. The van der Waals surface area contributed by atoms with Crippen LogP contribution in [0.5, 0.6) is 0 Å². The minimum absolute atomic E-state index is 0.0203. The summed E-state index contributed by atoms with van der Waals surface area (Å²) in [5, 5.41) is 8.57. The van der Waals surface area contributed by atoms with Gasteiger partial charge in [0.1, 0.15) is 6.61 Å². The summed E-state index contributed by atoms with van der Waals surface area (Å²) in [6.07, 6.45) is 2.24. The molecule has 1 N–H and O–H groups in total. The number of rotatable bonds is 10. The van der Waals surface area contributed by atoms with E-state index in [1.165, 1.54) is 12.0 Å². The molecule has 0 bridgehead atoms. The molecule has 4 nitrogen and oxygen atoms in total. The van der Waals surface area contributed by atoms with Crippen LogP contribution in [-0.4, -0.2) is 37.5 Å². The maximum Gasteiger partial charge on any atom is 0.313 e. The molecule has 0 aliphatic carbocycles. The van der Waals surface area contributed by atoms with Crippen LogP contribution < -0.4 is 0 Å². The minimum atomic E-state index is -0.281. The summed E-state index contributed by atoms with van der Waals surface area (Å²) in [4.78, 5) is 11.9. The second-order valence-corrected chi connectivity index (χ2v) is 5.90. The van der Waals surface area contributed by atoms with Crippen LogP contribution in [0.1, 0.15) is 44.2 Å². The van der Waals surface area contributed by atoms with Crippen LogP contribution in [0.2, 0.25) is 0 Å². The van der Waals surface area contributed by atoms with E-state index in [2.05, 4.69) is 26.0 Å². The number of hydrogen-bond acceptors (Lipinski definition) is 4. The van der Waals surface area contributed by atoms with Crippen LogP contribution in [0, 0.1) is 5.92 Å². The largest absolute Gasteiger partial charge is 0.463 e. The zero-order valence-corrected chi connectivity index (χ0v) is 13.9. The van der Waals surface area contributed by atoms with Gasteiger partial charge in [-0.25, -0.2) is 0 Å². The normalized spacial score (nSPS) is 12.4. The smallest absolute Gasteiger partial charge is 0.313 e. The molecule has 0 aliphatic heterocycles. The highest BCUT2D eigenvalue weighted by Crippen LogP contribution is 2.18. The fourth-order valence-electron chi connectivity index (χ4n) is 2.06. The van der Waals surface area contributed by atoms with Crippen molar-refractivity contribution in [3.63, 3.8) is 0 Å². The SMILES string of the molecule is CC(C)CCc1ccc([C@H](C)C(=O)OCCOCCO)cc1. The van der Waals surface area contributed by atoms with Crippen LogP contribution in [0.4, 0.5) is 0 Å². The third kappa shape index (κ3) is 7.05. The number of esters is 1. The molecule has 0 amide bonds. The van der Waals surface area contributed by atoms with Crippen molar-refractivity contribution in [1.29, 1.82) is 0 Å². The minimum Gasteiger partial charge on any atom is -0.463 e. The Hall–Kier alpha value is -1.39. The Morgan fingerprint density at radius 2 is 1.77 bits per heavy atom. The topological polar surface area (TPSA) is 55.8 Å². The number of aryl methyl sites for hydroxylation is 1. The van der Waals surface area contributed by atoms with Crippen LogP contribution in [0.15, 0.2) is 24.3 Å². The predicted octanol–water partition coefficient (Wildman–Crippen LogP) is 2.93. The van der Waals surface area contributed by atoms with Gasteiger partial charge in [0.05, 0.1) is 25.7 Å². The third-order valence-electron chi connectivity index (χ3n) is 3.55. The Morgan fingerprint density at radius 3 is 2.36 bits per heavy atom. The first kappa shape index (κ1) is 18.7. The average Bonchev–Trinajstić information content (AvgIpc) is 2.52. The van der Waals surface area contributed by atoms with Crippen LogP contribution in [-0.2, 0) is 20.7 Å². The molecule has 1 aromatic carbocycles. The Balaban J connectivity index is 2.40. The van der Waals surface area contributed by atoms with E-state index >= 15 is 0 Å². The van der Waals surface area contributed by atoms with Gasteiger partial charge < -0.3 is 14.6 Å². The number of aliphatic hydroxyl groups excluding tert-OH is 1. The molecule has 0 spiro atoms. The summed E-state index contributed by atoms with van der Waals surface area (Å²) >= 11 is 0. The van der Waals surface area contributed by atoms with Crippen molar-refractivity contribution < 1.29 is 19.4 Å². The second-order valence-electron chi connectivity index (χ2n) is 5.90. The summed E-state index contributed by atoms with van der Waals surface area (Å²) in [7, 11) is 0. The zero-order valence-electron chi connectivity index (χ0n) is 13.9. The molecule has 1 rings (SSSR count). The number of carbonyl (C=O) groups excluding carboxylic acids is 1. The molecule has 0 fully saturated rings. The van der Waals surface area contributed by atoms with E-state index in [0.29, 0.717) is 12.5 Å². The molecule has 0 saturated heterocycles. The molecule has 0 heterocycles. The lowest BCUT2D eigenvalue weighted by molar-refractivity contribution is -0.146. The fourth-order valence-corrected chi connectivity index (χ4v) is 2.06. The average molecular weight is 308 g/mol. The van der Waals surface area contributed by atoms with Crippen molar-refractivity contribution in [1.82, 2.24) is 0 Å². The van der Waals surface area contributed by atoms with Gasteiger partial charge in [-0.15, -0.1) is 0 Å². The Morgan fingerprint density at radius 1 is 1.09 bits per heavy atom. The van der Waals surface area contributed by atoms with Gasteiger partial charge in [-0.1, -0.05) is 38.1 Å². The Bertz CT molecular complexity index is 425. The fraction of sp³-hybridized carbons (Fsp3) is 0.611. The first-order valence-corrected chi connectivity index (χ1v) is 7.98. The molecule has 1 aromatic rings. The van der Waals surface area contributed by atoms with E-state index in [1.54, 1.807) is 0 Å². The Kier molecular flexibility index (Phi) is 8.78. The van der Waals surface area contributed by atoms with E-state index in [-0.39, 0.29) is 31.7 Å². The van der Waals surface area contributed by atoms with Gasteiger partial charge >= 0.3 is 5.97 Å². The zero-order chi connectivity index (χ0) is 16.4. The van der Waals surface area contributed by atoms with Crippen LogP contribution >= 0.6 is 0 Å². The number of aliphatic hydroxyl groups is 1. The lowest BCUT2D eigenvalue weighted by atomic mass is 9.97. The third-order valence-corrected chi connectivity index (χ3v) is 3.55. The second kappa shape index (κ2) is 10.4. The molecular weight excluding hydrogens is 280 g/mol. The van der Waals surface area contributed by atoms with Crippen molar-refractivity contribution in [2.75, 3.05) is 26.4 Å². The number of benzene rings is 1. The lowest BCUT2D eigenvalue weighted by Gasteiger charge is -2.13. The quantitative estimate of drug-likeness (QED) is 0.533. The number of ether oxygens (including phenoxy) is 2. The molecular formula is C18H28O4. The van der Waals surface area contributed by atoms with E-state index in [9.17, 15) is 4.79 Å². The van der Waals surface area contributed by atoms with E-state index in [0.717, 1.165) is 12.0 Å². The van der Waals surface area contributed by atoms with E-state index in [4.69, 9.17) is 14.6 Å². The van der Waals surface area contributed by atoms with Gasteiger partial charge in [0.25, 0.3) is 0 Å².